The molecule has 0 fully saturated rings. The number of aromatic nitrogens is 2. The Morgan fingerprint density at radius 3 is 2.38 bits per heavy atom. The molecule has 0 spiro atoms. The predicted octanol–water partition coefficient (Wildman–Crippen LogP) is 3.18. The Labute approximate surface area is 86.6 Å². The highest BCUT2D eigenvalue weighted by Gasteiger charge is 2.00. The van der Waals surface area contributed by atoms with Crippen molar-refractivity contribution in [3.63, 3.8) is 0 Å². The normalized spacial score (nSPS) is 9.77. The number of hydrogen-bond donors (Lipinski definition) is 1. The molecule has 0 amide bonds. The number of H-pyrrole nitrogens is 1. The SMILES string of the molecule is CCCCCc1nc(C)c(C)[nH]1.Cl. The summed E-state index contributed by atoms with van der Waals surface area (Å²) in [6.45, 7) is 6.35. The van der Waals surface area contributed by atoms with Crippen LogP contribution in [0.2, 0.25) is 0 Å². The van der Waals surface area contributed by atoms with Gasteiger partial charge in [-0.05, 0) is 20.3 Å². The molecule has 3 heteroatoms. The quantitative estimate of drug-likeness (QED) is 0.747. The molecule has 1 aromatic heterocycles. The van der Waals surface area contributed by atoms with Gasteiger partial charge in [0.15, 0.2) is 0 Å². The lowest BCUT2D eigenvalue weighted by Gasteiger charge is -1.93. The van der Waals surface area contributed by atoms with E-state index in [2.05, 4.69) is 30.7 Å². The summed E-state index contributed by atoms with van der Waals surface area (Å²) in [5.74, 6) is 1.15. The molecule has 0 atom stereocenters. The van der Waals surface area contributed by atoms with Gasteiger partial charge >= 0.3 is 0 Å². The second-order valence-electron chi connectivity index (χ2n) is 3.35. The number of aryl methyl sites for hydroxylation is 3. The minimum absolute atomic E-state index is 0. The van der Waals surface area contributed by atoms with Gasteiger partial charge in [0, 0.05) is 12.1 Å². The van der Waals surface area contributed by atoms with Gasteiger partial charge in [-0.2, -0.15) is 0 Å². The first-order valence-electron chi connectivity index (χ1n) is 4.76. The van der Waals surface area contributed by atoms with E-state index < -0.39 is 0 Å². The van der Waals surface area contributed by atoms with Crippen LogP contribution in [-0.2, 0) is 6.42 Å². The van der Waals surface area contributed by atoms with Crippen molar-refractivity contribution in [2.75, 3.05) is 0 Å². The zero-order valence-electron chi connectivity index (χ0n) is 8.68. The van der Waals surface area contributed by atoms with Crippen LogP contribution in [0.4, 0.5) is 0 Å². The molecule has 1 N–H and O–H groups in total. The van der Waals surface area contributed by atoms with Gasteiger partial charge < -0.3 is 4.98 Å². The van der Waals surface area contributed by atoms with Gasteiger partial charge in [-0.15, -0.1) is 12.4 Å². The van der Waals surface area contributed by atoms with Crippen LogP contribution in [0.15, 0.2) is 0 Å². The molecule has 0 radical (unpaired) electrons. The highest BCUT2D eigenvalue weighted by atomic mass is 35.5. The summed E-state index contributed by atoms with van der Waals surface area (Å²) >= 11 is 0. The molecule has 0 saturated heterocycles. The van der Waals surface area contributed by atoms with Crippen molar-refractivity contribution in [1.82, 2.24) is 9.97 Å². The Bertz CT molecular complexity index is 224. The first-order valence-corrected chi connectivity index (χ1v) is 4.76. The van der Waals surface area contributed by atoms with Gasteiger partial charge in [0.1, 0.15) is 5.82 Å². The summed E-state index contributed by atoms with van der Waals surface area (Å²) in [5.41, 5.74) is 2.35. The molecule has 1 aromatic rings. The number of nitrogens with zero attached hydrogens (tertiary/aromatic N) is 1. The molecule has 76 valence electrons. The first kappa shape index (κ1) is 12.5. The number of hydrogen-bond acceptors (Lipinski definition) is 1. The van der Waals surface area contributed by atoms with E-state index in [4.69, 9.17) is 0 Å². The second-order valence-corrected chi connectivity index (χ2v) is 3.35. The third-order valence-corrected chi connectivity index (χ3v) is 2.19. The smallest absolute Gasteiger partial charge is 0.106 e. The van der Waals surface area contributed by atoms with Crippen LogP contribution in [0.5, 0.6) is 0 Å². The van der Waals surface area contributed by atoms with Gasteiger partial charge in [-0.1, -0.05) is 19.8 Å². The number of rotatable bonds is 4. The topological polar surface area (TPSA) is 28.7 Å². The number of nitrogens with one attached hydrogen (secondary N) is 1. The van der Waals surface area contributed by atoms with E-state index in [1.54, 1.807) is 0 Å². The van der Waals surface area contributed by atoms with Crippen molar-refractivity contribution in [1.29, 1.82) is 0 Å². The fourth-order valence-corrected chi connectivity index (χ4v) is 1.28. The predicted molar refractivity (Wildman–Crippen MR) is 58.5 cm³/mol. The fourth-order valence-electron chi connectivity index (χ4n) is 1.28. The molecule has 0 bridgehead atoms. The van der Waals surface area contributed by atoms with E-state index in [0.29, 0.717) is 0 Å². The zero-order valence-corrected chi connectivity index (χ0v) is 9.50. The third kappa shape index (κ3) is 3.81. The number of unbranched alkanes of at least 4 members (excludes halogenated alkanes) is 2. The van der Waals surface area contributed by atoms with Crippen molar-refractivity contribution in [3.05, 3.63) is 17.2 Å². The monoisotopic (exact) mass is 202 g/mol. The average Bonchev–Trinajstić information content (AvgIpc) is 2.32. The van der Waals surface area contributed by atoms with Gasteiger partial charge in [-0.25, -0.2) is 4.98 Å². The van der Waals surface area contributed by atoms with Crippen LogP contribution >= 0.6 is 12.4 Å². The van der Waals surface area contributed by atoms with Crippen molar-refractivity contribution < 1.29 is 0 Å². The molecule has 0 aromatic carbocycles. The molecule has 0 aliphatic rings. The maximum Gasteiger partial charge on any atom is 0.106 e. The molecular weight excluding hydrogens is 184 g/mol. The Morgan fingerprint density at radius 1 is 1.23 bits per heavy atom. The lowest BCUT2D eigenvalue weighted by molar-refractivity contribution is 0.698. The Kier molecular flexibility index (Phi) is 5.80. The van der Waals surface area contributed by atoms with Gasteiger partial charge in [0.05, 0.1) is 5.69 Å². The largest absolute Gasteiger partial charge is 0.346 e. The van der Waals surface area contributed by atoms with Crippen molar-refractivity contribution in [3.8, 4) is 0 Å². The number of imidazole rings is 1. The van der Waals surface area contributed by atoms with Gasteiger partial charge in [0.25, 0.3) is 0 Å². The van der Waals surface area contributed by atoms with Crippen LogP contribution < -0.4 is 0 Å². The summed E-state index contributed by atoms with van der Waals surface area (Å²) in [6, 6.07) is 0. The van der Waals surface area contributed by atoms with Crippen LogP contribution in [0.25, 0.3) is 0 Å². The van der Waals surface area contributed by atoms with E-state index in [0.717, 1.165) is 17.9 Å². The summed E-state index contributed by atoms with van der Waals surface area (Å²) in [4.78, 5) is 7.72. The minimum atomic E-state index is 0. The summed E-state index contributed by atoms with van der Waals surface area (Å²) in [6.07, 6.45) is 4.93. The molecule has 1 rings (SSSR count). The van der Waals surface area contributed by atoms with Crippen LogP contribution in [0.3, 0.4) is 0 Å². The van der Waals surface area contributed by atoms with E-state index in [-0.39, 0.29) is 12.4 Å². The number of aromatic amines is 1. The van der Waals surface area contributed by atoms with Crippen LogP contribution in [0.1, 0.15) is 43.4 Å². The van der Waals surface area contributed by atoms with Crippen molar-refractivity contribution >= 4 is 12.4 Å². The maximum absolute atomic E-state index is 4.43. The number of halogens is 1. The molecule has 0 aliphatic carbocycles. The van der Waals surface area contributed by atoms with Crippen molar-refractivity contribution in [2.24, 2.45) is 0 Å². The summed E-state index contributed by atoms with van der Waals surface area (Å²) in [5, 5.41) is 0. The molecule has 1 heterocycles. The molecule has 13 heavy (non-hydrogen) atoms. The Hall–Kier alpha value is -0.500. The van der Waals surface area contributed by atoms with E-state index in [1.807, 2.05) is 0 Å². The summed E-state index contributed by atoms with van der Waals surface area (Å²) in [7, 11) is 0. The highest BCUT2D eigenvalue weighted by molar-refractivity contribution is 5.85. The van der Waals surface area contributed by atoms with Crippen molar-refractivity contribution in [2.45, 2.75) is 46.5 Å². The fraction of sp³-hybridized carbons (Fsp3) is 0.700. The molecule has 0 aliphatic heterocycles. The molecule has 0 unspecified atom stereocenters. The van der Waals surface area contributed by atoms with Crippen LogP contribution in [-0.4, -0.2) is 9.97 Å². The average molecular weight is 203 g/mol. The van der Waals surface area contributed by atoms with E-state index in [9.17, 15) is 0 Å². The van der Waals surface area contributed by atoms with Gasteiger partial charge in [0.2, 0.25) is 0 Å². The van der Waals surface area contributed by atoms with Gasteiger partial charge in [-0.3, -0.25) is 0 Å². The second kappa shape index (κ2) is 6.03. The summed E-state index contributed by atoms with van der Waals surface area (Å²) < 4.78 is 0. The molecule has 0 saturated carbocycles. The van der Waals surface area contributed by atoms with E-state index >= 15 is 0 Å². The third-order valence-electron chi connectivity index (χ3n) is 2.19. The zero-order chi connectivity index (χ0) is 8.97. The molecular formula is C10H19ClN2. The minimum Gasteiger partial charge on any atom is -0.346 e. The first-order chi connectivity index (χ1) is 5.74. The highest BCUT2D eigenvalue weighted by Crippen LogP contribution is 2.06. The van der Waals surface area contributed by atoms with E-state index in [1.165, 1.54) is 25.0 Å². The lowest BCUT2D eigenvalue weighted by Crippen LogP contribution is -1.87. The van der Waals surface area contributed by atoms with Crippen LogP contribution in [0, 0.1) is 13.8 Å². The standard InChI is InChI=1S/C10H18N2.ClH/c1-4-5-6-7-10-11-8(2)9(3)12-10;/h4-7H2,1-3H3,(H,11,12);1H. The lowest BCUT2D eigenvalue weighted by atomic mass is 10.2. The molecule has 2 nitrogen and oxygen atoms in total. The Morgan fingerprint density at radius 2 is 1.92 bits per heavy atom. The maximum atomic E-state index is 4.43. The Balaban J connectivity index is 0.00000144.